The van der Waals surface area contributed by atoms with E-state index in [-0.39, 0.29) is 18.6 Å². The Hall–Kier alpha value is -2.81. The van der Waals surface area contributed by atoms with Crippen molar-refractivity contribution < 1.29 is 0 Å². The molecule has 1 aliphatic rings. The summed E-state index contributed by atoms with van der Waals surface area (Å²) in [4.78, 5) is 27.7. The number of nitrogens with zero attached hydrogens (tertiary/aromatic N) is 4. The SMILES string of the molecule is Cc1cc(C)cc(Cn2c(=O)cc(N3CCCCC3)n(CC#N)c2=O)c1. The van der Waals surface area contributed by atoms with Gasteiger partial charge in [-0.15, -0.1) is 0 Å². The summed E-state index contributed by atoms with van der Waals surface area (Å²) in [5.74, 6) is 0.568. The van der Waals surface area contributed by atoms with Gasteiger partial charge in [0.25, 0.3) is 5.56 Å². The fourth-order valence-electron chi connectivity index (χ4n) is 3.70. The molecular weight excluding hydrogens is 328 g/mol. The normalized spacial score (nSPS) is 14.3. The lowest BCUT2D eigenvalue weighted by molar-refractivity contribution is 0.545. The molecule has 0 N–H and O–H groups in total. The van der Waals surface area contributed by atoms with Gasteiger partial charge in [-0.05, 0) is 38.7 Å². The van der Waals surface area contributed by atoms with Crippen molar-refractivity contribution in [1.82, 2.24) is 9.13 Å². The van der Waals surface area contributed by atoms with Crippen LogP contribution in [0.5, 0.6) is 0 Å². The highest BCUT2D eigenvalue weighted by Crippen LogP contribution is 2.17. The number of nitriles is 1. The molecule has 0 bridgehead atoms. The maximum atomic E-state index is 13.0. The second-order valence-electron chi connectivity index (χ2n) is 7.00. The molecule has 1 aliphatic heterocycles. The maximum absolute atomic E-state index is 13.0. The van der Waals surface area contributed by atoms with Crippen molar-refractivity contribution in [2.24, 2.45) is 0 Å². The average Bonchev–Trinajstić information content (AvgIpc) is 2.61. The van der Waals surface area contributed by atoms with Crippen LogP contribution in [0.3, 0.4) is 0 Å². The molecule has 3 rings (SSSR count). The lowest BCUT2D eigenvalue weighted by atomic mass is 10.1. The van der Waals surface area contributed by atoms with E-state index in [0.29, 0.717) is 5.82 Å². The first-order valence-electron chi connectivity index (χ1n) is 9.03. The molecule has 1 fully saturated rings. The third kappa shape index (κ3) is 3.72. The fourth-order valence-corrected chi connectivity index (χ4v) is 3.70. The molecule has 6 heteroatoms. The monoisotopic (exact) mass is 352 g/mol. The molecule has 0 amide bonds. The lowest BCUT2D eigenvalue weighted by Gasteiger charge is -2.30. The number of rotatable bonds is 4. The largest absolute Gasteiger partial charge is 0.358 e. The standard InChI is InChI=1S/C20H24N4O2/c1-15-10-16(2)12-17(11-15)14-24-19(25)13-18(22-7-4-3-5-8-22)23(9-6-21)20(24)26/h10-13H,3-5,7-9,14H2,1-2H3. The molecule has 2 aromatic rings. The Labute approximate surface area is 152 Å². The Morgan fingerprint density at radius 3 is 2.23 bits per heavy atom. The molecule has 136 valence electrons. The minimum absolute atomic E-state index is 0.0577. The van der Waals surface area contributed by atoms with Crippen molar-refractivity contribution in [3.63, 3.8) is 0 Å². The highest BCUT2D eigenvalue weighted by atomic mass is 16.2. The van der Waals surface area contributed by atoms with Crippen LogP contribution in [0.2, 0.25) is 0 Å². The van der Waals surface area contributed by atoms with Crippen molar-refractivity contribution in [2.45, 2.75) is 46.2 Å². The van der Waals surface area contributed by atoms with Crippen LogP contribution < -0.4 is 16.1 Å². The molecule has 0 radical (unpaired) electrons. The topological polar surface area (TPSA) is 71.0 Å². The quantitative estimate of drug-likeness (QED) is 0.846. The summed E-state index contributed by atoms with van der Waals surface area (Å²) >= 11 is 0. The van der Waals surface area contributed by atoms with E-state index in [0.717, 1.165) is 49.0 Å². The van der Waals surface area contributed by atoms with E-state index in [1.807, 2.05) is 30.9 Å². The number of aryl methyl sites for hydroxylation is 2. The first-order valence-corrected chi connectivity index (χ1v) is 9.03. The summed E-state index contributed by atoms with van der Waals surface area (Å²) in [7, 11) is 0. The van der Waals surface area contributed by atoms with Crippen LogP contribution in [-0.4, -0.2) is 22.2 Å². The number of anilines is 1. The van der Waals surface area contributed by atoms with E-state index in [4.69, 9.17) is 0 Å². The molecule has 0 unspecified atom stereocenters. The number of aromatic nitrogens is 2. The zero-order valence-electron chi connectivity index (χ0n) is 15.4. The third-order valence-corrected chi connectivity index (χ3v) is 4.79. The zero-order valence-corrected chi connectivity index (χ0v) is 15.4. The van der Waals surface area contributed by atoms with Gasteiger partial charge in [0.05, 0.1) is 12.6 Å². The van der Waals surface area contributed by atoms with Gasteiger partial charge in [-0.25, -0.2) is 4.79 Å². The van der Waals surface area contributed by atoms with Gasteiger partial charge in [0.1, 0.15) is 12.4 Å². The van der Waals surface area contributed by atoms with Crippen LogP contribution in [0.4, 0.5) is 5.82 Å². The molecule has 0 atom stereocenters. The second-order valence-corrected chi connectivity index (χ2v) is 7.00. The molecule has 0 aliphatic carbocycles. The zero-order chi connectivity index (χ0) is 18.7. The number of hydrogen-bond donors (Lipinski definition) is 0. The molecule has 1 aromatic heterocycles. The van der Waals surface area contributed by atoms with Gasteiger partial charge < -0.3 is 4.90 Å². The highest BCUT2D eigenvalue weighted by molar-refractivity contribution is 5.39. The van der Waals surface area contributed by atoms with Crippen LogP contribution in [-0.2, 0) is 13.1 Å². The van der Waals surface area contributed by atoms with E-state index in [1.54, 1.807) is 0 Å². The van der Waals surface area contributed by atoms with Crippen molar-refractivity contribution >= 4 is 5.82 Å². The Kier molecular flexibility index (Phi) is 5.27. The summed E-state index contributed by atoms with van der Waals surface area (Å²) in [6.45, 7) is 5.76. The Balaban J connectivity index is 2.06. The molecule has 26 heavy (non-hydrogen) atoms. The van der Waals surface area contributed by atoms with Crippen LogP contribution >= 0.6 is 0 Å². The minimum Gasteiger partial charge on any atom is -0.358 e. The highest BCUT2D eigenvalue weighted by Gasteiger charge is 2.18. The predicted octanol–water partition coefficient (Wildman–Crippen LogP) is 2.19. The maximum Gasteiger partial charge on any atom is 0.333 e. The lowest BCUT2D eigenvalue weighted by Crippen LogP contribution is -2.44. The van der Waals surface area contributed by atoms with Gasteiger partial charge in [0.2, 0.25) is 0 Å². The first kappa shape index (κ1) is 18.0. The number of piperidine rings is 1. The molecule has 1 aromatic carbocycles. The molecule has 2 heterocycles. The Morgan fingerprint density at radius 2 is 1.62 bits per heavy atom. The molecule has 0 spiro atoms. The summed E-state index contributed by atoms with van der Waals surface area (Å²) in [5, 5.41) is 9.17. The first-order chi connectivity index (χ1) is 12.5. The van der Waals surface area contributed by atoms with Gasteiger partial charge in [-0.3, -0.25) is 13.9 Å². The van der Waals surface area contributed by atoms with Crippen molar-refractivity contribution in [3.8, 4) is 6.07 Å². The van der Waals surface area contributed by atoms with Crippen LogP contribution in [0.1, 0.15) is 36.0 Å². The summed E-state index contributed by atoms with van der Waals surface area (Å²) in [5.41, 5.74) is 2.37. The van der Waals surface area contributed by atoms with E-state index in [9.17, 15) is 14.9 Å². The van der Waals surface area contributed by atoms with Crippen LogP contribution in [0.25, 0.3) is 0 Å². The van der Waals surface area contributed by atoms with E-state index in [2.05, 4.69) is 12.1 Å². The van der Waals surface area contributed by atoms with Gasteiger partial charge in [0.15, 0.2) is 0 Å². The smallest absolute Gasteiger partial charge is 0.333 e. The van der Waals surface area contributed by atoms with E-state index >= 15 is 0 Å². The summed E-state index contributed by atoms with van der Waals surface area (Å²) < 4.78 is 2.65. The van der Waals surface area contributed by atoms with E-state index < -0.39 is 5.69 Å². The fraction of sp³-hybridized carbons (Fsp3) is 0.450. The average molecular weight is 352 g/mol. The van der Waals surface area contributed by atoms with Crippen molar-refractivity contribution in [1.29, 1.82) is 5.26 Å². The molecule has 1 saturated heterocycles. The Morgan fingerprint density at radius 1 is 0.962 bits per heavy atom. The second kappa shape index (κ2) is 7.61. The summed E-state index contributed by atoms with van der Waals surface area (Å²) in [6, 6.07) is 9.57. The molecule has 6 nitrogen and oxygen atoms in total. The third-order valence-electron chi connectivity index (χ3n) is 4.79. The Bertz CT molecular complexity index is 939. The van der Waals surface area contributed by atoms with Crippen LogP contribution in [0.15, 0.2) is 33.9 Å². The molecule has 0 saturated carbocycles. The minimum atomic E-state index is -0.418. The van der Waals surface area contributed by atoms with Gasteiger partial charge in [0, 0.05) is 19.2 Å². The van der Waals surface area contributed by atoms with Gasteiger partial charge in [-0.1, -0.05) is 29.3 Å². The van der Waals surface area contributed by atoms with E-state index in [1.165, 1.54) is 15.2 Å². The summed E-state index contributed by atoms with van der Waals surface area (Å²) in [6.07, 6.45) is 3.22. The number of benzene rings is 1. The van der Waals surface area contributed by atoms with Crippen LogP contribution in [0, 0.1) is 25.2 Å². The van der Waals surface area contributed by atoms with Gasteiger partial charge in [-0.2, -0.15) is 5.26 Å². The van der Waals surface area contributed by atoms with Gasteiger partial charge >= 0.3 is 5.69 Å². The molecular formula is C20H24N4O2. The van der Waals surface area contributed by atoms with Crippen molar-refractivity contribution in [2.75, 3.05) is 18.0 Å². The van der Waals surface area contributed by atoms with Crippen molar-refractivity contribution in [3.05, 3.63) is 61.8 Å². The number of hydrogen-bond acceptors (Lipinski definition) is 4. The predicted molar refractivity (Wildman–Crippen MR) is 102 cm³/mol.